The van der Waals surface area contributed by atoms with Gasteiger partial charge in [0.2, 0.25) is 0 Å². The summed E-state index contributed by atoms with van der Waals surface area (Å²) < 4.78 is 13.2. The molecule has 0 bridgehead atoms. The molecule has 1 aromatic carbocycles. The minimum atomic E-state index is -0.581. The van der Waals surface area contributed by atoms with Crippen LogP contribution in [0.5, 0.6) is 0 Å². The number of hydrogen-bond donors (Lipinski definition) is 0. The molecule has 106 valence electrons. The maximum atomic E-state index is 13.2. The molecular formula is C16H13FN2O2. The maximum absolute atomic E-state index is 13.2. The fraction of sp³-hybridized carbons (Fsp3) is 0.188. The third kappa shape index (κ3) is 2.20. The predicted molar refractivity (Wildman–Crippen MR) is 75.6 cm³/mol. The molecule has 0 spiro atoms. The van der Waals surface area contributed by atoms with E-state index in [0.717, 1.165) is 17.3 Å². The lowest BCUT2D eigenvalue weighted by Gasteiger charge is -2.18. The van der Waals surface area contributed by atoms with Crippen LogP contribution in [-0.4, -0.2) is 16.7 Å². The van der Waals surface area contributed by atoms with E-state index >= 15 is 0 Å². The Bertz CT molecular complexity index is 771. The van der Waals surface area contributed by atoms with Crippen molar-refractivity contribution < 1.29 is 14.0 Å². The molecule has 0 unspecified atom stereocenters. The summed E-state index contributed by atoms with van der Waals surface area (Å²) in [6, 6.07) is 4.94. The van der Waals surface area contributed by atoms with Crippen molar-refractivity contribution in [1.29, 1.82) is 0 Å². The highest BCUT2D eigenvalue weighted by molar-refractivity contribution is 6.52. The van der Waals surface area contributed by atoms with E-state index in [1.54, 1.807) is 6.07 Å². The van der Waals surface area contributed by atoms with Gasteiger partial charge in [0.15, 0.2) is 0 Å². The van der Waals surface area contributed by atoms with Crippen LogP contribution in [-0.2, 0) is 11.3 Å². The Morgan fingerprint density at radius 3 is 2.62 bits per heavy atom. The topological polar surface area (TPSA) is 50.3 Å². The number of Topliss-reactive ketones (excluding diaryl/α,β-unsaturated/α-hetero) is 1. The van der Waals surface area contributed by atoms with Crippen molar-refractivity contribution in [3.8, 4) is 0 Å². The number of pyridine rings is 1. The van der Waals surface area contributed by atoms with Gasteiger partial charge in [-0.1, -0.05) is 6.07 Å². The smallest absolute Gasteiger partial charge is 0.299 e. The van der Waals surface area contributed by atoms with Gasteiger partial charge in [-0.25, -0.2) is 4.39 Å². The quantitative estimate of drug-likeness (QED) is 0.796. The standard InChI is InChI=1S/C16H13FN2O2/c1-9-3-10(2)14-13(4-9)15(20)16(21)19(14)8-11-5-12(17)7-18-6-11/h3-7H,8H2,1-2H3. The molecule has 5 heteroatoms. The summed E-state index contributed by atoms with van der Waals surface area (Å²) in [5, 5.41) is 0. The summed E-state index contributed by atoms with van der Waals surface area (Å²) in [7, 11) is 0. The number of aryl methyl sites for hydroxylation is 2. The maximum Gasteiger partial charge on any atom is 0.299 e. The monoisotopic (exact) mass is 284 g/mol. The van der Waals surface area contributed by atoms with Gasteiger partial charge in [-0.15, -0.1) is 0 Å². The molecule has 0 radical (unpaired) electrons. The lowest BCUT2D eigenvalue weighted by Crippen LogP contribution is -2.29. The second-order valence-corrected chi connectivity index (χ2v) is 5.21. The molecule has 4 nitrogen and oxygen atoms in total. The van der Waals surface area contributed by atoms with Crippen molar-refractivity contribution in [2.75, 3.05) is 4.90 Å². The SMILES string of the molecule is Cc1cc(C)c2c(c1)C(=O)C(=O)N2Cc1cncc(F)c1. The first kappa shape index (κ1) is 13.4. The zero-order valence-electron chi connectivity index (χ0n) is 11.7. The summed E-state index contributed by atoms with van der Waals surface area (Å²) in [6.45, 7) is 3.87. The molecule has 0 fully saturated rings. The zero-order valence-corrected chi connectivity index (χ0v) is 11.7. The number of fused-ring (bicyclic) bond motifs is 1. The first-order valence-electron chi connectivity index (χ1n) is 6.54. The summed E-state index contributed by atoms with van der Waals surface area (Å²) in [4.78, 5) is 29.4. The van der Waals surface area contributed by atoms with Crippen LogP contribution in [0.1, 0.15) is 27.0 Å². The Morgan fingerprint density at radius 1 is 1.14 bits per heavy atom. The van der Waals surface area contributed by atoms with Crippen molar-refractivity contribution in [1.82, 2.24) is 4.98 Å². The Morgan fingerprint density at radius 2 is 1.90 bits per heavy atom. The second kappa shape index (κ2) is 4.77. The van der Waals surface area contributed by atoms with Gasteiger partial charge in [-0.05, 0) is 42.7 Å². The highest BCUT2D eigenvalue weighted by Gasteiger charge is 2.37. The lowest BCUT2D eigenvalue weighted by atomic mass is 10.0. The van der Waals surface area contributed by atoms with Crippen molar-refractivity contribution in [2.24, 2.45) is 0 Å². The Balaban J connectivity index is 2.05. The van der Waals surface area contributed by atoms with Crippen molar-refractivity contribution in [3.63, 3.8) is 0 Å². The Kier molecular flexibility index (Phi) is 3.05. The minimum Gasteiger partial charge on any atom is -0.300 e. The van der Waals surface area contributed by atoms with Crippen molar-refractivity contribution in [2.45, 2.75) is 20.4 Å². The number of benzene rings is 1. The fourth-order valence-corrected chi connectivity index (χ4v) is 2.71. The summed E-state index contributed by atoms with van der Waals surface area (Å²) >= 11 is 0. The van der Waals surface area contributed by atoms with E-state index in [-0.39, 0.29) is 6.54 Å². The van der Waals surface area contributed by atoms with Gasteiger partial charge >= 0.3 is 0 Å². The second-order valence-electron chi connectivity index (χ2n) is 5.21. The van der Waals surface area contributed by atoms with E-state index in [1.807, 2.05) is 19.9 Å². The van der Waals surface area contributed by atoms with Gasteiger partial charge in [-0.2, -0.15) is 0 Å². The number of hydrogen-bond acceptors (Lipinski definition) is 3. The van der Waals surface area contributed by atoms with Gasteiger partial charge in [-0.3, -0.25) is 14.6 Å². The third-order valence-electron chi connectivity index (χ3n) is 3.50. The summed E-state index contributed by atoms with van der Waals surface area (Å²) in [5.74, 6) is -1.56. The molecule has 1 aliphatic rings. The van der Waals surface area contributed by atoms with Gasteiger partial charge in [0, 0.05) is 6.20 Å². The molecule has 0 aliphatic carbocycles. The van der Waals surface area contributed by atoms with Gasteiger partial charge in [0.25, 0.3) is 11.7 Å². The van der Waals surface area contributed by atoms with Crippen LogP contribution in [0.25, 0.3) is 0 Å². The number of aromatic nitrogens is 1. The molecule has 1 amide bonds. The molecule has 0 N–H and O–H groups in total. The number of rotatable bonds is 2. The van der Waals surface area contributed by atoms with Crippen LogP contribution in [0, 0.1) is 19.7 Å². The van der Waals surface area contributed by atoms with Crippen LogP contribution in [0.15, 0.2) is 30.6 Å². The fourth-order valence-electron chi connectivity index (χ4n) is 2.71. The molecule has 2 aromatic rings. The lowest BCUT2D eigenvalue weighted by molar-refractivity contribution is -0.114. The normalized spacial score (nSPS) is 13.8. The number of carbonyl (C=O) groups is 2. The van der Waals surface area contributed by atoms with Crippen LogP contribution in [0.4, 0.5) is 10.1 Å². The summed E-state index contributed by atoms with van der Waals surface area (Å²) in [5.41, 5.74) is 3.36. The van der Waals surface area contributed by atoms with E-state index in [4.69, 9.17) is 0 Å². The van der Waals surface area contributed by atoms with Gasteiger partial charge < -0.3 is 4.90 Å². The third-order valence-corrected chi connectivity index (χ3v) is 3.50. The molecule has 2 heterocycles. The van der Waals surface area contributed by atoms with E-state index in [0.29, 0.717) is 16.8 Å². The van der Waals surface area contributed by atoms with Crippen LogP contribution in [0.2, 0.25) is 0 Å². The van der Waals surface area contributed by atoms with Crippen LogP contribution in [0.3, 0.4) is 0 Å². The highest BCUT2D eigenvalue weighted by Crippen LogP contribution is 2.34. The first-order chi connectivity index (χ1) is 9.97. The number of halogens is 1. The molecule has 21 heavy (non-hydrogen) atoms. The van der Waals surface area contributed by atoms with Crippen LogP contribution < -0.4 is 4.90 Å². The summed E-state index contributed by atoms with van der Waals surface area (Å²) in [6.07, 6.45) is 2.59. The Hall–Kier alpha value is -2.56. The zero-order chi connectivity index (χ0) is 15.1. The largest absolute Gasteiger partial charge is 0.300 e. The van der Waals surface area contributed by atoms with Gasteiger partial charge in [0.05, 0.1) is 24.0 Å². The molecule has 0 saturated heterocycles. The molecular weight excluding hydrogens is 271 g/mol. The first-order valence-corrected chi connectivity index (χ1v) is 6.54. The molecule has 0 saturated carbocycles. The van der Waals surface area contributed by atoms with Gasteiger partial charge in [0.1, 0.15) is 5.82 Å². The van der Waals surface area contributed by atoms with Crippen molar-refractivity contribution in [3.05, 3.63) is 58.7 Å². The van der Waals surface area contributed by atoms with E-state index < -0.39 is 17.5 Å². The predicted octanol–water partition coefficient (Wildman–Crippen LogP) is 2.57. The number of nitrogens with zero attached hydrogens (tertiary/aromatic N) is 2. The average molecular weight is 284 g/mol. The number of amides is 1. The molecule has 1 aliphatic heterocycles. The van der Waals surface area contributed by atoms with E-state index in [9.17, 15) is 14.0 Å². The number of ketones is 1. The Labute approximate surface area is 121 Å². The van der Waals surface area contributed by atoms with E-state index in [1.165, 1.54) is 17.2 Å². The molecule has 3 rings (SSSR count). The van der Waals surface area contributed by atoms with Crippen LogP contribution >= 0.6 is 0 Å². The minimum absolute atomic E-state index is 0.131. The average Bonchev–Trinajstić information content (AvgIpc) is 2.64. The molecule has 0 atom stereocenters. The number of anilines is 1. The number of carbonyl (C=O) groups excluding carboxylic acids is 2. The highest BCUT2D eigenvalue weighted by atomic mass is 19.1. The van der Waals surface area contributed by atoms with Crippen molar-refractivity contribution >= 4 is 17.4 Å². The molecule has 1 aromatic heterocycles. The van der Waals surface area contributed by atoms with E-state index in [2.05, 4.69) is 4.98 Å².